The zero-order valence-electron chi connectivity index (χ0n) is 9.45. The van der Waals surface area contributed by atoms with Gasteiger partial charge in [0.1, 0.15) is 0 Å². The van der Waals surface area contributed by atoms with E-state index in [0.29, 0.717) is 0 Å². The van der Waals surface area contributed by atoms with E-state index in [-0.39, 0.29) is 11.3 Å². The molecule has 15 heavy (non-hydrogen) atoms. The van der Waals surface area contributed by atoms with Crippen LogP contribution in [-0.2, 0) is 4.79 Å². The van der Waals surface area contributed by atoms with Gasteiger partial charge in [-0.05, 0) is 17.5 Å². The van der Waals surface area contributed by atoms with Gasteiger partial charge in [-0.3, -0.25) is 4.79 Å². The minimum atomic E-state index is -0.502. The Hall–Kier alpha value is -1.35. The van der Waals surface area contributed by atoms with E-state index in [1.165, 1.54) is 0 Å². The molecule has 3 nitrogen and oxygen atoms in total. The Morgan fingerprint density at radius 3 is 2.27 bits per heavy atom. The number of nitrogens with one attached hydrogen (secondary N) is 1. The van der Waals surface area contributed by atoms with Crippen LogP contribution in [0.4, 0.5) is 5.69 Å². The molecule has 0 heterocycles. The molecule has 82 valence electrons. The number of amides is 1. The molecule has 3 heteroatoms. The Morgan fingerprint density at radius 2 is 1.80 bits per heavy atom. The van der Waals surface area contributed by atoms with Crippen LogP contribution in [0.25, 0.3) is 0 Å². The molecule has 0 aliphatic carbocycles. The number of hydrogen-bond donors (Lipinski definition) is 2. The third kappa shape index (κ3) is 3.36. The maximum absolute atomic E-state index is 11.7. The van der Waals surface area contributed by atoms with Gasteiger partial charge in [-0.15, -0.1) is 0 Å². The molecule has 0 aliphatic rings. The van der Waals surface area contributed by atoms with Crippen molar-refractivity contribution >= 4 is 11.6 Å². The third-order valence-electron chi connectivity index (χ3n) is 2.26. The monoisotopic (exact) mass is 206 g/mol. The minimum Gasteiger partial charge on any atom is -0.325 e. The molecule has 0 saturated carbocycles. The topological polar surface area (TPSA) is 55.1 Å². The highest BCUT2D eigenvalue weighted by Gasteiger charge is 2.27. The predicted molar refractivity (Wildman–Crippen MR) is 62.5 cm³/mol. The quantitative estimate of drug-likeness (QED) is 0.777. The van der Waals surface area contributed by atoms with Crippen molar-refractivity contribution in [3.63, 3.8) is 0 Å². The zero-order valence-corrected chi connectivity index (χ0v) is 9.45. The van der Waals surface area contributed by atoms with Gasteiger partial charge in [-0.25, -0.2) is 0 Å². The molecule has 0 bridgehead atoms. The zero-order chi connectivity index (χ0) is 11.5. The lowest BCUT2D eigenvalue weighted by atomic mass is 9.87. The first-order valence-electron chi connectivity index (χ1n) is 5.03. The molecule has 0 fully saturated rings. The molecular weight excluding hydrogens is 188 g/mol. The van der Waals surface area contributed by atoms with Gasteiger partial charge >= 0.3 is 0 Å². The van der Waals surface area contributed by atoms with E-state index in [2.05, 4.69) is 5.32 Å². The second-order valence-electron chi connectivity index (χ2n) is 4.70. The molecule has 0 radical (unpaired) electrons. The summed E-state index contributed by atoms with van der Waals surface area (Å²) in [6.45, 7) is 5.84. The van der Waals surface area contributed by atoms with Gasteiger partial charge in [0.25, 0.3) is 0 Å². The van der Waals surface area contributed by atoms with Crippen molar-refractivity contribution in [3.8, 4) is 0 Å². The molecule has 1 amide bonds. The number of anilines is 1. The SMILES string of the molecule is CC(C)(C)C(N)C(=O)Nc1ccccc1. The van der Waals surface area contributed by atoms with Gasteiger partial charge in [0, 0.05) is 5.69 Å². The smallest absolute Gasteiger partial charge is 0.241 e. The summed E-state index contributed by atoms with van der Waals surface area (Å²) >= 11 is 0. The summed E-state index contributed by atoms with van der Waals surface area (Å²) in [6, 6.07) is 8.83. The normalized spacial score (nSPS) is 13.3. The van der Waals surface area contributed by atoms with Gasteiger partial charge in [0.15, 0.2) is 0 Å². The third-order valence-corrected chi connectivity index (χ3v) is 2.26. The lowest BCUT2D eigenvalue weighted by molar-refractivity contribution is -0.119. The fourth-order valence-corrected chi connectivity index (χ4v) is 1.13. The summed E-state index contributed by atoms with van der Waals surface area (Å²) in [5, 5.41) is 2.78. The molecule has 0 aliphatic heterocycles. The Balaban J connectivity index is 2.65. The van der Waals surface area contributed by atoms with Crippen LogP contribution in [-0.4, -0.2) is 11.9 Å². The first-order valence-corrected chi connectivity index (χ1v) is 5.03. The summed E-state index contributed by atoms with van der Waals surface area (Å²) in [4.78, 5) is 11.7. The van der Waals surface area contributed by atoms with E-state index in [1.807, 2.05) is 51.1 Å². The maximum atomic E-state index is 11.7. The van der Waals surface area contributed by atoms with Gasteiger partial charge in [0.05, 0.1) is 6.04 Å². The van der Waals surface area contributed by atoms with Crippen molar-refractivity contribution in [2.24, 2.45) is 11.1 Å². The van der Waals surface area contributed by atoms with E-state index in [9.17, 15) is 4.79 Å². The molecule has 0 spiro atoms. The van der Waals surface area contributed by atoms with Crippen molar-refractivity contribution in [1.82, 2.24) is 0 Å². The van der Waals surface area contributed by atoms with Crippen LogP contribution in [0.3, 0.4) is 0 Å². The highest BCUT2D eigenvalue weighted by molar-refractivity contribution is 5.95. The number of rotatable bonds is 2. The Kier molecular flexibility index (Phi) is 3.48. The van der Waals surface area contributed by atoms with Gasteiger partial charge in [-0.1, -0.05) is 39.0 Å². The number of carbonyl (C=O) groups excluding carboxylic acids is 1. The number of para-hydroxylation sites is 1. The van der Waals surface area contributed by atoms with E-state index in [4.69, 9.17) is 5.73 Å². The fraction of sp³-hybridized carbons (Fsp3) is 0.417. The first-order chi connectivity index (χ1) is 6.91. The fourth-order valence-electron chi connectivity index (χ4n) is 1.13. The highest BCUT2D eigenvalue weighted by atomic mass is 16.2. The van der Waals surface area contributed by atoms with Crippen molar-refractivity contribution in [1.29, 1.82) is 0 Å². The Bertz CT molecular complexity index is 327. The lowest BCUT2D eigenvalue weighted by Crippen LogP contribution is -2.45. The molecule has 1 aromatic carbocycles. The van der Waals surface area contributed by atoms with Gasteiger partial charge < -0.3 is 11.1 Å². The average Bonchev–Trinajstić information content (AvgIpc) is 2.16. The molecule has 1 aromatic rings. The Labute approximate surface area is 90.7 Å². The average molecular weight is 206 g/mol. The summed E-state index contributed by atoms with van der Waals surface area (Å²) < 4.78 is 0. The van der Waals surface area contributed by atoms with Crippen molar-refractivity contribution in [2.75, 3.05) is 5.32 Å². The number of benzene rings is 1. The van der Waals surface area contributed by atoms with Crippen LogP contribution in [0.1, 0.15) is 20.8 Å². The van der Waals surface area contributed by atoms with Crippen LogP contribution in [0.5, 0.6) is 0 Å². The van der Waals surface area contributed by atoms with Crippen molar-refractivity contribution in [2.45, 2.75) is 26.8 Å². The van der Waals surface area contributed by atoms with Crippen LogP contribution in [0, 0.1) is 5.41 Å². The summed E-state index contributed by atoms with van der Waals surface area (Å²) in [7, 11) is 0. The molecule has 1 unspecified atom stereocenters. The van der Waals surface area contributed by atoms with E-state index in [0.717, 1.165) is 5.69 Å². The molecule has 0 aromatic heterocycles. The number of carbonyl (C=O) groups is 1. The first kappa shape index (κ1) is 11.7. The van der Waals surface area contributed by atoms with Crippen LogP contribution < -0.4 is 11.1 Å². The molecule has 1 rings (SSSR count). The van der Waals surface area contributed by atoms with Crippen LogP contribution in [0.15, 0.2) is 30.3 Å². The van der Waals surface area contributed by atoms with E-state index < -0.39 is 6.04 Å². The molecule has 0 saturated heterocycles. The predicted octanol–water partition coefficient (Wildman–Crippen LogP) is 2.00. The standard InChI is InChI=1S/C12H18N2O/c1-12(2,3)10(13)11(15)14-9-7-5-4-6-8-9/h4-8,10H,13H2,1-3H3,(H,14,15). The summed E-state index contributed by atoms with van der Waals surface area (Å²) in [5.74, 6) is -0.145. The molecule has 3 N–H and O–H groups in total. The van der Waals surface area contributed by atoms with Crippen molar-refractivity contribution < 1.29 is 4.79 Å². The number of hydrogen-bond acceptors (Lipinski definition) is 2. The Morgan fingerprint density at radius 1 is 1.27 bits per heavy atom. The lowest BCUT2D eigenvalue weighted by Gasteiger charge is -2.25. The second kappa shape index (κ2) is 4.45. The molecule has 1 atom stereocenters. The van der Waals surface area contributed by atoms with Gasteiger partial charge in [-0.2, -0.15) is 0 Å². The number of nitrogens with two attached hydrogens (primary N) is 1. The molecular formula is C12H18N2O. The highest BCUT2D eigenvalue weighted by Crippen LogP contribution is 2.18. The van der Waals surface area contributed by atoms with E-state index in [1.54, 1.807) is 0 Å². The summed E-state index contributed by atoms with van der Waals surface area (Å²) in [6.07, 6.45) is 0. The van der Waals surface area contributed by atoms with Crippen molar-refractivity contribution in [3.05, 3.63) is 30.3 Å². The summed E-state index contributed by atoms with van der Waals surface area (Å²) in [5.41, 5.74) is 6.39. The minimum absolute atomic E-state index is 0.145. The maximum Gasteiger partial charge on any atom is 0.241 e. The second-order valence-corrected chi connectivity index (χ2v) is 4.70. The van der Waals surface area contributed by atoms with Crippen LogP contribution in [0.2, 0.25) is 0 Å². The van der Waals surface area contributed by atoms with Crippen LogP contribution >= 0.6 is 0 Å². The van der Waals surface area contributed by atoms with E-state index >= 15 is 0 Å². The van der Waals surface area contributed by atoms with Gasteiger partial charge in [0.2, 0.25) is 5.91 Å². The largest absolute Gasteiger partial charge is 0.325 e.